The molecule has 1 aromatic carbocycles. The van der Waals surface area contributed by atoms with Crippen LogP contribution < -0.4 is 10.6 Å². The number of nitrogens with zero attached hydrogens (tertiary/aromatic N) is 1. The number of carbonyl (C=O) groups excluding carboxylic acids is 3. The first kappa shape index (κ1) is 27.5. The van der Waals surface area contributed by atoms with E-state index in [-0.39, 0.29) is 18.4 Å². The lowest BCUT2D eigenvalue weighted by molar-refractivity contribution is -0.146. The van der Waals surface area contributed by atoms with Crippen LogP contribution >= 0.6 is 0 Å². The van der Waals surface area contributed by atoms with Crippen LogP contribution in [0.5, 0.6) is 0 Å². The van der Waals surface area contributed by atoms with Gasteiger partial charge < -0.3 is 20.3 Å². The Bertz CT molecular complexity index is 784. The number of amides is 3. The van der Waals surface area contributed by atoms with Crippen molar-refractivity contribution >= 4 is 17.9 Å². The van der Waals surface area contributed by atoms with E-state index < -0.39 is 23.3 Å². The van der Waals surface area contributed by atoms with Crippen LogP contribution in [0.2, 0.25) is 0 Å². The Balaban J connectivity index is 3.31. The van der Waals surface area contributed by atoms with Crippen molar-refractivity contribution in [1.82, 2.24) is 15.5 Å². The van der Waals surface area contributed by atoms with Gasteiger partial charge in [0.1, 0.15) is 18.2 Å². The first-order valence-corrected chi connectivity index (χ1v) is 11.5. The Labute approximate surface area is 193 Å². The lowest BCUT2D eigenvalue weighted by Gasteiger charge is -2.43. The monoisotopic (exact) mass is 447 g/mol. The highest BCUT2D eigenvalue weighted by atomic mass is 16.6. The summed E-state index contributed by atoms with van der Waals surface area (Å²) in [6, 6.07) is 6.78. The summed E-state index contributed by atoms with van der Waals surface area (Å²) in [4.78, 5) is 40.6. The van der Waals surface area contributed by atoms with E-state index in [1.54, 1.807) is 25.7 Å². The molecule has 0 saturated carbocycles. The maximum Gasteiger partial charge on any atom is 0.408 e. The number of ether oxygens (including phenoxy) is 1. The first-order chi connectivity index (χ1) is 14.8. The minimum Gasteiger partial charge on any atom is -0.444 e. The molecule has 3 amide bonds. The third kappa shape index (κ3) is 8.17. The summed E-state index contributed by atoms with van der Waals surface area (Å²) in [6.07, 6.45) is 1.78. The fourth-order valence-corrected chi connectivity index (χ4v) is 3.32. The van der Waals surface area contributed by atoms with Crippen molar-refractivity contribution in [2.24, 2.45) is 0 Å². The Morgan fingerprint density at radius 1 is 1.03 bits per heavy atom. The van der Waals surface area contributed by atoms with Crippen LogP contribution in [0.15, 0.2) is 24.3 Å². The lowest BCUT2D eigenvalue weighted by atomic mass is 9.91. The van der Waals surface area contributed by atoms with Gasteiger partial charge in [-0.05, 0) is 65.5 Å². The number of benzene rings is 1. The molecule has 7 heteroatoms. The second-order valence-corrected chi connectivity index (χ2v) is 9.69. The summed E-state index contributed by atoms with van der Waals surface area (Å²) in [7, 11) is 0. The van der Waals surface area contributed by atoms with Gasteiger partial charge in [-0.25, -0.2) is 4.79 Å². The summed E-state index contributed by atoms with van der Waals surface area (Å²) >= 11 is 0. The third-order valence-corrected chi connectivity index (χ3v) is 5.39. The number of carbonyl (C=O) groups is 3. The van der Waals surface area contributed by atoms with Gasteiger partial charge in [-0.2, -0.15) is 0 Å². The third-order valence-electron chi connectivity index (χ3n) is 5.39. The minimum absolute atomic E-state index is 0.222. The Morgan fingerprint density at radius 3 is 2.19 bits per heavy atom. The van der Waals surface area contributed by atoms with Gasteiger partial charge >= 0.3 is 6.09 Å². The quantitative estimate of drug-likeness (QED) is 0.517. The van der Waals surface area contributed by atoms with Gasteiger partial charge in [0.25, 0.3) is 0 Å². The zero-order valence-corrected chi connectivity index (χ0v) is 21.0. The van der Waals surface area contributed by atoms with Gasteiger partial charge in [-0.15, -0.1) is 0 Å². The number of unbranched alkanes of at least 4 members (excludes halogenated alkanes) is 1. The standard InChI is InChI=1S/C25H41N3O4/c1-9-11-16-26-22(30)21(19-15-13-12-14-18(19)3)28(25(7,8)10-2)20(29)17-27-23(31)32-24(4,5)6/h12-15,21H,9-11,16-17H2,1-8H3,(H,26,30)(H,27,31). The molecule has 180 valence electrons. The lowest BCUT2D eigenvalue weighted by Crippen LogP contribution is -2.56. The van der Waals surface area contributed by atoms with Crippen LogP contribution in [0.3, 0.4) is 0 Å². The Morgan fingerprint density at radius 2 is 1.66 bits per heavy atom. The van der Waals surface area contributed by atoms with Crippen molar-refractivity contribution in [3.63, 3.8) is 0 Å². The SMILES string of the molecule is CCCCNC(=O)C(c1ccccc1C)N(C(=O)CNC(=O)OC(C)(C)C)C(C)(C)CC. The predicted octanol–water partition coefficient (Wildman–Crippen LogP) is 4.49. The van der Waals surface area contributed by atoms with Crippen molar-refractivity contribution in [3.8, 4) is 0 Å². The van der Waals surface area contributed by atoms with Gasteiger partial charge in [0.15, 0.2) is 0 Å². The Kier molecular flexibility index (Phi) is 10.2. The van der Waals surface area contributed by atoms with Crippen molar-refractivity contribution < 1.29 is 19.1 Å². The van der Waals surface area contributed by atoms with E-state index in [0.717, 1.165) is 24.0 Å². The molecule has 0 aliphatic heterocycles. The molecule has 0 saturated heterocycles. The summed E-state index contributed by atoms with van der Waals surface area (Å²) in [5.74, 6) is -0.568. The van der Waals surface area contributed by atoms with E-state index in [4.69, 9.17) is 4.74 Å². The average Bonchev–Trinajstić information content (AvgIpc) is 2.69. The molecule has 7 nitrogen and oxygen atoms in total. The number of hydrogen-bond donors (Lipinski definition) is 2. The normalized spacial score (nSPS) is 12.6. The maximum atomic E-state index is 13.5. The van der Waals surface area contributed by atoms with Crippen LogP contribution in [-0.4, -0.2) is 47.0 Å². The molecule has 1 atom stereocenters. The summed E-state index contributed by atoms with van der Waals surface area (Å²) in [6.45, 7) is 15.4. The fraction of sp³-hybridized carbons (Fsp3) is 0.640. The molecule has 0 aliphatic rings. The zero-order chi connectivity index (χ0) is 24.5. The van der Waals surface area contributed by atoms with Gasteiger partial charge in [-0.1, -0.05) is 44.5 Å². The molecule has 0 bridgehead atoms. The molecule has 0 aromatic heterocycles. The van der Waals surface area contributed by atoms with Crippen LogP contribution in [0.25, 0.3) is 0 Å². The van der Waals surface area contributed by atoms with E-state index in [0.29, 0.717) is 13.0 Å². The number of hydrogen-bond acceptors (Lipinski definition) is 4. The highest BCUT2D eigenvalue weighted by Gasteiger charge is 2.40. The highest BCUT2D eigenvalue weighted by molar-refractivity contribution is 5.91. The molecular formula is C25H41N3O4. The molecule has 0 heterocycles. The summed E-state index contributed by atoms with van der Waals surface area (Å²) < 4.78 is 5.26. The number of rotatable bonds is 10. The maximum absolute atomic E-state index is 13.5. The topological polar surface area (TPSA) is 87.7 Å². The molecule has 2 N–H and O–H groups in total. The first-order valence-electron chi connectivity index (χ1n) is 11.5. The van der Waals surface area contributed by atoms with E-state index in [1.165, 1.54) is 0 Å². The number of aryl methyl sites for hydroxylation is 1. The largest absolute Gasteiger partial charge is 0.444 e. The molecule has 0 aliphatic carbocycles. The van der Waals surface area contributed by atoms with E-state index in [9.17, 15) is 14.4 Å². The molecule has 0 radical (unpaired) electrons. The van der Waals surface area contributed by atoms with Gasteiger partial charge in [0.05, 0.1) is 0 Å². The van der Waals surface area contributed by atoms with Crippen LogP contribution in [0.1, 0.15) is 84.9 Å². The van der Waals surface area contributed by atoms with E-state index >= 15 is 0 Å². The molecule has 1 unspecified atom stereocenters. The van der Waals surface area contributed by atoms with Crippen molar-refractivity contribution in [1.29, 1.82) is 0 Å². The van der Waals surface area contributed by atoms with Gasteiger partial charge in [0.2, 0.25) is 11.8 Å². The molecule has 1 rings (SSSR count). The smallest absolute Gasteiger partial charge is 0.408 e. The highest BCUT2D eigenvalue weighted by Crippen LogP contribution is 2.32. The van der Waals surface area contributed by atoms with E-state index in [1.807, 2.05) is 52.0 Å². The van der Waals surface area contributed by atoms with Crippen LogP contribution in [0.4, 0.5) is 4.79 Å². The predicted molar refractivity (Wildman–Crippen MR) is 127 cm³/mol. The zero-order valence-electron chi connectivity index (χ0n) is 21.0. The summed E-state index contributed by atoms with van der Waals surface area (Å²) in [5.41, 5.74) is 0.404. The fourth-order valence-electron chi connectivity index (χ4n) is 3.32. The van der Waals surface area contributed by atoms with E-state index in [2.05, 4.69) is 17.6 Å². The number of alkyl carbamates (subject to hydrolysis) is 1. The van der Waals surface area contributed by atoms with Crippen molar-refractivity contribution in [3.05, 3.63) is 35.4 Å². The van der Waals surface area contributed by atoms with Crippen LogP contribution in [0, 0.1) is 6.92 Å². The molecule has 1 aromatic rings. The summed E-state index contributed by atoms with van der Waals surface area (Å²) in [5, 5.41) is 5.54. The molecular weight excluding hydrogens is 406 g/mol. The number of nitrogens with one attached hydrogen (secondary N) is 2. The average molecular weight is 448 g/mol. The Hall–Kier alpha value is -2.57. The minimum atomic E-state index is -0.809. The van der Waals surface area contributed by atoms with Crippen LogP contribution in [-0.2, 0) is 14.3 Å². The van der Waals surface area contributed by atoms with Gasteiger partial charge in [0, 0.05) is 12.1 Å². The van der Waals surface area contributed by atoms with Crippen molar-refractivity contribution in [2.45, 2.75) is 91.8 Å². The van der Waals surface area contributed by atoms with Crippen molar-refractivity contribution in [2.75, 3.05) is 13.1 Å². The van der Waals surface area contributed by atoms with Gasteiger partial charge in [-0.3, -0.25) is 9.59 Å². The second kappa shape index (κ2) is 11.9. The second-order valence-electron chi connectivity index (χ2n) is 9.69. The molecule has 32 heavy (non-hydrogen) atoms. The molecule has 0 spiro atoms. The molecule has 0 fully saturated rings.